The highest BCUT2D eigenvalue weighted by Crippen LogP contribution is 2.20. The van der Waals surface area contributed by atoms with Crippen LogP contribution in [0.15, 0.2) is 0 Å². The highest BCUT2D eigenvalue weighted by molar-refractivity contribution is 5.90. The fourth-order valence-corrected chi connectivity index (χ4v) is 1.58. The minimum Gasteiger partial charge on any atom is -0.389 e. The molecule has 1 fully saturated rings. The molecular formula is C9H15NO3. The van der Waals surface area contributed by atoms with E-state index in [0.29, 0.717) is 6.54 Å². The van der Waals surface area contributed by atoms with Gasteiger partial charge in [-0.05, 0) is 13.8 Å². The van der Waals surface area contributed by atoms with Gasteiger partial charge in [0.15, 0.2) is 5.78 Å². The average molecular weight is 185 g/mol. The van der Waals surface area contributed by atoms with Crippen molar-refractivity contribution in [2.75, 3.05) is 13.2 Å². The molecule has 4 heteroatoms. The van der Waals surface area contributed by atoms with Crippen LogP contribution in [0.4, 0.5) is 0 Å². The molecule has 1 aliphatic heterocycles. The maximum Gasteiger partial charge on any atom is 0.223 e. The zero-order chi connectivity index (χ0) is 10.0. The third-order valence-electron chi connectivity index (χ3n) is 2.39. The lowest BCUT2D eigenvalue weighted by Crippen LogP contribution is -2.33. The van der Waals surface area contributed by atoms with E-state index in [0.717, 1.165) is 0 Å². The summed E-state index contributed by atoms with van der Waals surface area (Å²) in [6.45, 7) is 3.85. The molecule has 0 aromatic rings. The predicted molar refractivity (Wildman–Crippen MR) is 47.0 cm³/mol. The van der Waals surface area contributed by atoms with Crippen molar-refractivity contribution < 1.29 is 14.7 Å². The van der Waals surface area contributed by atoms with E-state index in [4.69, 9.17) is 5.11 Å². The van der Waals surface area contributed by atoms with E-state index in [2.05, 4.69) is 0 Å². The Morgan fingerprint density at radius 1 is 1.69 bits per heavy atom. The van der Waals surface area contributed by atoms with Crippen LogP contribution in [0.1, 0.15) is 20.3 Å². The summed E-state index contributed by atoms with van der Waals surface area (Å²) in [6.07, 6.45) is 0.261. The first-order valence-electron chi connectivity index (χ1n) is 4.49. The fraction of sp³-hybridized carbons (Fsp3) is 0.778. The molecule has 1 unspecified atom stereocenters. The Balaban J connectivity index is 2.60. The molecule has 0 aromatic carbocycles. The SMILES string of the molecule is CC(C)N1CC(C(=O)CO)CC1=O. The van der Waals surface area contributed by atoms with Gasteiger partial charge in [0.1, 0.15) is 6.61 Å². The molecule has 1 saturated heterocycles. The fourth-order valence-electron chi connectivity index (χ4n) is 1.58. The lowest BCUT2D eigenvalue weighted by molar-refractivity contribution is -0.130. The van der Waals surface area contributed by atoms with Crippen molar-refractivity contribution >= 4 is 11.7 Å². The van der Waals surface area contributed by atoms with Gasteiger partial charge in [-0.3, -0.25) is 9.59 Å². The summed E-state index contributed by atoms with van der Waals surface area (Å²) in [5, 5.41) is 8.63. The first-order chi connectivity index (χ1) is 6.06. The van der Waals surface area contributed by atoms with E-state index in [1.54, 1.807) is 4.90 Å². The van der Waals surface area contributed by atoms with Gasteiger partial charge in [0.2, 0.25) is 5.91 Å². The molecule has 0 aromatic heterocycles. The summed E-state index contributed by atoms with van der Waals surface area (Å²) in [5.41, 5.74) is 0. The van der Waals surface area contributed by atoms with E-state index < -0.39 is 6.61 Å². The third kappa shape index (κ3) is 2.06. The number of carbonyl (C=O) groups excluding carboxylic acids is 2. The van der Waals surface area contributed by atoms with Gasteiger partial charge >= 0.3 is 0 Å². The highest BCUT2D eigenvalue weighted by Gasteiger charge is 2.34. The molecule has 13 heavy (non-hydrogen) atoms. The second-order valence-electron chi connectivity index (χ2n) is 3.67. The van der Waals surface area contributed by atoms with Gasteiger partial charge in [-0.2, -0.15) is 0 Å². The number of hydrogen-bond acceptors (Lipinski definition) is 3. The van der Waals surface area contributed by atoms with Crippen LogP contribution in [0, 0.1) is 5.92 Å². The van der Waals surface area contributed by atoms with Crippen LogP contribution in [-0.2, 0) is 9.59 Å². The van der Waals surface area contributed by atoms with E-state index in [1.165, 1.54) is 0 Å². The number of carbonyl (C=O) groups is 2. The Hall–Kier alpha value is -0.900. The largest absolute Gasteiger partial charge is 0.389 e. The monoisotopic (exact) mass is 185 g/mol. The van der Waals surface area contributed by atoms with Crippen LogP contribution >= 0.6 is 0 Å². The number of aliphatic hydroxyl groups excluding tert-OH is 1. The molecule has 1 aliphatic rings. The lowest BCUT2D eigenvalue weighted by atomic mass is 10.0. The molecule has 1 heterocycles. The molecule has 4 nitrogen and oxygen atoms in total. The van der Waals surface area contributed by atoms with Crippen molar-refractivity contribution in [3.63, 3.8) is 0 Å². The molecular weight excluding hydrogens is 170 g/mol. The van der Waals surface area contributed by atoms with Crippen LogP contribution in [0.3, 0.4) is 0 Å². The molecule has 0 radical (unpaired) electrons. The van der Waals surface area contributed by atoms with Crippen LogP contribution in [-0.4, -0.2) is 40.9 Å². The number of Topliss-reactive ketones (excluding diaryl/α,β-unsaturated/α-hetero) is 1. The number of likely N-dealkylation sites (tertiary alicyclic amines) is 1. The zero-order valence-corrected chi connectivity index (χ0v) is 7.99. The molecule has 74 valence electrons. The topological polar surface area (TPSA) is 57.6 Å². The molecule has 1 N–H and O–H groups in total. The van der Waals surface area contributed by atoms with E-state index in [1.807, 2.05) is 13.8 Å². The Kier molecular flexibility index (Phi) is 3.03. The summed E-state index contributed by atoms with van der Waals surface area (Å²) in [5.74, 6) is -0.502. The summed E-state index contributed by atoms with van der Waals surface area (Å²) >= 11 is 0. The smallest absolute Gasteiger partial charge is 0.223 e. The molecule has 1 atom stereocenters. The van der Waals surface area contributed by atoms with Gasteiger partial charge in [0.25, 0.3) is 0 Å². The minimum atomic E-state index is -0.454. The van der Waals surface area contributed by atoms with Crippen molar-refractivity contribution in [2.24, 2.45) is 5.92 Å². The van der Waals surface area contributed by atoms with Crippen LogP contribution in [0.25, 0.3) is 0 Å². The Labute approximate surface area is 77.5 Å². The Bertz CT molecular complexity index is 225. The molecule has 0 saturated carbocycles. The lowest BCUT2D eigenvalue weighted by Gasteiger charge is -2.20. The van der Waals surface area contributed by atoms with Gasteiger partial charge < -0.3 is 10.0 Å². The molecule has 1 amide bonds. The highest BCUT2D eigenvalue weighted by atomic mass is 16.3. The molecule has 1 rings (SSSR count). The normalized spacial score (nSPS) is 22.9. The van der Waals surface area contributed by atoms with Crippen LogP contribution in [0.2, 0.25) is 0 Å². The standard InChI is InChI=1S/C9H15NO3/c1-6(2)10-4-7(3-9(10)13)8(12)5-11/h6-7,11H,3-5H2,1-2H3. The summed E-state index contributed by atoms with van der Waals surface area (Å²) in [6, 6.07) is 0.143. The number of ketones is 1. The Morgan fingerprint density at radius 3 is 2.69 bits per heavy atom. The predicted octanol–water partition coefficient (Wildman–Crippen LogP) is -0.195. The van der Waals surface area contributed by atoms with Crippen LogP contribution < -0.4 is 0 Å². The zero-order valence-electron chi connectivity index (χ0n) is 7.99. The second-order valence-corrected chi connectivity index (χ2v) is 3.67. The van der Waals surface area contributed by atoms with Crippen molar-refractivity contribution in [1.29, 1.82) is 0 Å². The number of hydrogen-bond donors (Lipinski definition) is 1. The van der Waals surface area contributed by atoms with Crippen molar-refractivity contribution in [2.45, 2.75) is 26.3 Å². The molecule has 0 spiro atoms. The number of nitrogens with zero attached hydrogens (tertiary/aromatic N) is 1. The minimum absolute atomic E-state index is 0.0156. The van der Waals surface area contributed by atoms with Crippen molar-refractivity contribution in [3.05, 3.63) is 0 Å². The van der Waals surface area contributed by atoms with Crippen molar-refractivity contribution in [1.82, 2.24) is 4.90 Å². The first kappa shape index (κ1) is 10.2. The molecule has 0 aliphatic carbocycles. The van der Waals surface area contributed by atoms with Gasteiger partial charge in [-0.15, -0.1) is 0 Å². The average Bonchev–Trinajstić information content (AvgIpc) is 2.46. The van der Waals surface area contributed by atoms with E-state index in [-0.39, 0.29) is 30.1 Å². The van der Waals surface area contributed by atoms with Gasteiger partial charge in [0.05, 0.1) is 0 Å². The number of amides is 1. The summed E-state index contributed by atoms with van der Waals surface area (Å²) in [4.78, 5) is 24.1. The van der Waals surface area contributed by atoms with E-state index in [9.17, 15) is 9.59 Å². The first-order valence-corrected chi connectivity index (χ1v) is 4.49. The second kappa shape index (κ2) is 3.87. The number of aliphatic hydroxyl groups is 1. The van der Waals surface area contributed by atoms with Gasteiger partial charge in [0, 0.05) is 24.9 Å². The third-order valence-corrected chi connectivity index (χ3v) is 2.39. The maximum atomic E-state index is 11.3. The summed E-state index contributed by atoms with van der Waals surface area (Å²) in [7, 11) is 0. The summed E-state index contributed by atoms with van der Waals surface area (Å²) < 4.78 is 0. The maximum absolute atomic E-state index is 11.3. The Morgan fingerprint density at radius 2 is 2.31 bits per heavy atom. The quantitative estimate of drug-likeness (QED) is 0.662. The van der Waals surface area contributed by atoms with Crippen molar-refractivity contribution in [3.8, 4) is 0 Å². The van der Waals surface area contributed by atoms with Gasteiger partial charge in [-0.1, -0.05) is 0 Å². The van der Waals surface area contributed by atoms with E-state index >= 15 is 0 Å². The van der Waals surface area contributed by atoms with Crippen LogP contribution in [0.5, 0.6) is 0 Å². The van der Waals surface area contributed by atoms with Gasteiger partial charge in [-0.25, -0.2) is 0 Å². The molecule has 0 bridgehead atoms. The number of rotatable bonds is 3.